The van der Waals surface area contributed by atoms with Gasteiger partial charge >= 0.3 is 0 Å². The van der Waals surface area contributed by atoms with Gasteiger partial charge in [-0.1, -0.05) is 0 Å². The van der Waals surface area contributed by atoms with Gasteiger partial charge in [0, 0.05) is 5.54 Å². The fraction of sp³-hybridized carbons (Fsp3) is 0.818. The zero-order chi connectivity index (χ0) is 12.2. The third-order valence-electron chi connectivity index (χ3n) is 2.15. The molecule has 0 fully saturated rings. The molecule has 16 heavy (non-hydrogen) atoms. The van der Waals surface area contributed by atoms with E-state index in [1.165, 1.54) is 0 Å². The average Bonchev–Trinajstić information content (AvgIpc) is 2.44. The zero-order valence-electron chi connectivity index (χ0n) is 10.5. The van der Waals surface area contributed by atoms with Gasteiger partial charge in [-0.05, 0) is 45.6 Å². The third kappa shape index (κ3) is 4.43. The Hall–Kier alpha value is -0.710. The highest BCUT2D eigenvalue weighted by atomic mass is 32.2. The Balaban J connectivity index is 2.45. The summed E-state index contributed by atoms with van der Waals surface area (Å²) in [4.78, 5) is 16.0. The fourth-order valence-corrected chi connectivity index (χ4v) is 1.94. The van der Waals surface area contributed by atoms with Crippen molar-refractivity contribution < 1.29 is 4.79 Å². The highest BCUT2D eigenvalue weighted by Gasteiger charge is 2.27. The van der Waals surface area contributed by atoms with Crippen LogP contribution in [0.15, 0.2) is 4.99 Å². The van der Waals surface area contributed by atoms with Gasteiger partial charge in [0.1, 0.15) is 6.04 Å². The molecule has 1 aliphatic rings. The maximum Gasteiger partial charge on any atom is 0.251 e. The summed E-state index contributed by atoms with van der Waals surface area (Å²) in [5.41, 5.74) is -0.0692. The van der Waals surface area contributed by atoms with E-state index in [2.05, 4.69) is 21.9 Å². The summed E-state index contributed by atoms with van der Waals surface area (Å²) >= 11 is 1.80. The highest BCUT2D eigenvalue weighted by Crippen LogP contribution is 2.11. The first kappa shape index (κ1) is 13.4. The fourth-order valence-electron chi connectivity index (χ4n) is 1.48. The summed E-state index contributed by atoms with van der Waals surface area (Å²) in [6, 6.07) is -0.197. The van der Waals surface area contributed by atoms with E-state index in [1.54, 1.807) is 11.8 Å². The predicted molar refractivity (Wildman–Crippen MR) is 69.9 cm³/mol. The molecule has 0 aromatic carbocycles. The Morgan fingerprint density at radius 3 is 2.75 bits per heavy atom. The maximum atomic E-state index is 11.6. The van der Waals surface area contributed by atoms with Crippen molar-refractivity contribution >= 4 is 23.6 Å². The summed E-state index contributed by atoms with van der Waals surface area (Å²) in [6.45, 7) is 6.13. The van der Waals surface area contributed by atoms with Crippen LogP contribution in [0.4, 0.5) is 0 Å². The molecule has 0 saturated carbocycles. The van der Waals surface area contributed by atoms with Crippen LogP contribution >= 0.6 is 11.8 Å². The van der Waals surface area contributed by atoms with Gasteiger partial charge in [0.25, 0.3) is 5.91 Å². The van der Waals surface area contributed by atoms with Gasteiger partial charge in [-0.2, -0.15) is 11.8 Å². The molecule has 0 aliphatic carbocycles. The lowest BCUT2D eigenvalue weighted by molar-refractivity contribution is -0.120. The second-order valence-corrected chi connectivity index (χ2v) is 5.98. The van der Waals surface area contributed by atoms with E-state index < -0.39 is 0 Å². The highest BCUT2D eigenvalue weighted by molar-refractivity contribution is 7.98. The van der Waals surface area contributed by atoms with Crippen LogP contribution in [0.2, 0.25) is 0 Å². The lowest BCUT2D eigenvalue weighted by Gasteiger charge is -2.21. The first-order valence-corrected chi connectivity index (χ1v) is 6.97. The molecule has 5 heteroatoms. The normalized spacial score (nSPS) is 20.6. The van der Waals surface area contributed by atoms with E-state index in [-0.39, 0.29) is 17.5 Å². The molecule has 92 valence electrons. The number of nitrogens with zero attached hydrogens (tertiary/aromatic N) is 1. The Morgan fingerprint density at radius 1 is 1.50 bits per heavy atom. The molecule has 2 N–H and O–H groups in total. The van der Waals surface area contributed by atoms with E-state index >= 15 is 0 Å². The van der Waals surface area contributed by atoms with E-state index in [4.69, 9.17) is 0 Å². The number of amides is 1. The second-order valence-electron chi connectivity index (χ2n) is 4.99. The predicted octanol–water partition coefficient (Wildman–Crippen LogP) is 1.37. The Kier molecular flexibility index (Phi) is 4.65. The van der Waals surface area contributed by atoms with Crippen LogP contribution in [0.5, 0.6) is 0 Å². The van der Waals surface area contributed by atoms with Crippen LogP contribution in [0.3, 0.4) is 0 Å². The number of rotatable bonds is 4. The van der Waals surface area contributed by atoms with Crippen molar-refractivity contribution in [1.29, 1.82) is 0 Å². The van der Waals surface area contributed by atoms with Gasteiger partial charge in [0.2, 0.25) is 0 Å². The molecule has 0 saturated heterocycles. The van der Waals surface area contributed by atoms with Crippen molar-refractivity contribution in [2.24, 2.45) is 4.99 Å². The Labute approximate surface area is 102 Å². The average molecular weight is 243 g/mol. The Bertz CT molecular complexity index is 283. The first-order chi connectivity index (χ1) is 7.42. The lowest BCUT2D eigenvalue weighted by atomic mass is 10.1. The number of guanidine groups is 1. The van der Waals surface area contributed by atoms with Crippen LogP contribution in [-0.4, -0.2) is 35.5 Å². The molecule has 1 rings (SSSR count). The first-order valence-electron chi connectivity index (χ1n) is 5.58. The van der Waals surface area contributed by atoms with Gasteiger partial charge in [-0.15, -0.1) is 0 Å². The van der Waals surface area contributed by atoms with Crippen LogP contribution < -0.4 is 10.6 Å². The lowest BCUT2D eigenvalue weighted by Crippen LogP contribution is -2.46. The summed E-state index contributed by atoms with van der Waals surface area (Å²) in [6.07, 6.45) is 3.94. The molecule has 1 amide bonds. The largest absolute Gasteiger partial charge is 0.351 e. The Morgan fingerprint density at radius 2 is 2.19 bits per heavy atom. The molecule has 0 aromatic rings. The molecular weight excluding hydrogens is 222 g/mol. The molecule has 1 unspecified atom stereocenters. The van der Waals surface area contributed by atoms with Gasteiger partial charge in [0.05, 0.1) is 0 Å². The molecule has 1 aliphatic heterocycles. The quantitative estimate of drug-likeness (QED) is 0.733. The maximum absolute atomic E-state index is 11.6. The second kappa shape index (κ2) is 5.57. The topological polar surface area (TPSA) is 53.5 Å². The van der Waals surface area contributed by atoms with Gasteiger partial charge in [0.15, 0.2) is 5.96 Å². The van der Waals surface area contributed by atoms with Crippen LogP contribution in [0.1, 0.15) is 33.6 Å². The van der Waals surface area contributed by atoms with E-state index in [0.29, 0.717) is 5.96 Å². The number of hydrogen-bond acceptors (Lipinski definition) is 4. The minimum Gasteiger partial charge on any atom is -0.351 e. The van der Waals surface area contributed by atoms with Crippen LogP contribution in [0, 0.1) is 0 Å². The van der Waals surface area contributed by atoms with E-state index in [1.807, 2.05) is 20.8 Å². The minimum atomic E-state index is -0.197. The van der Waals surface area contributed by atoms with Crippen molar-refractivity contribution in [3.63, 3.8) is 0 Å². The van der Waals surface area contributed by atoms with Crippen molar-refractivity contribution in [1.82, 2.24) is 10.6 Å². The molecule has 1 atom stereocenters. The monoisotopic (exact) mass is 243 g/mol. The number of aliphatic imine (C=N–C) groups is 1. The standard InChI is InChI=1S/C11H21N3OS/c1-11(2,3)14-10-12-8(9(15)13-10)6-5-7-16-4/h8H,5-7H2,1-4H3,(H2,12,13,14,15). The molecular formula is C11H21N3OS. The minimum absolute atomic E-state index is 0.0212. The SMILES string of the molecule is CSCCCC1N=C(NC(C)(C)C)NC1=O. The van der Waals surface area contributed by atoms with Crippen LogP contribution in [0.25, 0.3) is 0 Å². The van der Waals surface area contributed by atoms with Crippen molar-refractivity contribution in [3.05, 3.63) is 0 Å². The molecule has 1 heterocycles. The number of nitrogens with one attached hydrogen (secondary N) is 2. The van der Waals surface area contributed by atoms with Crippen molar-refractivity contribution in [2.45, 2.75) is 45.2 Å². The third-order valence-corrected chi connectivity index (χ3v) is 2.85. The number of thioether (sulfide) groups is 1. The van der Waals surface area contributed by atoms with E-state index in [9.17, 15) is 4.79 Å². The molecule has 0 spiro atoms. The molecule has 0 radical (unpaired) electrons. The van der Waals surface area contributed by atoms with Crippen molar-refractivity contribution in [2.75, 3.05) is 12.0 Å². The number of hydrogen-bond donors (Lipinski definition) is 2. The summed E-state index contributed by atoms with van der Waals surface area (Å²) in [5, 5.41) is 5.96. The smallest absolute Gasteiger partial charge is 0.251 e. The number of carbonyl (C=O) groups is 1. The summed E-state index contributed by atoms with van der Waals surface area (Å²) in [5.74, 6) is 1.72. The van der Waals surface area contributed by atoms with Crippen molar-refractivity contribution in [3.8, 4) is 0 Å². The number of carbonyl (C=O) groups excluding carboxylic acids is 1. The molecule has 4 nitrogen and oxygen atoms in total. The summed E-state index contributed by atoms with van der Waals surface area (Å²) < 4.78 is 0. The molecule has 0 aromatic heterocycles. The van der Waals surface area contributed by atoms with Gasteiger partial charge < -0.3 is 5.32 Å². The van der Waals surface area contributed by atoms with E-state index in [0.717, 1.165) is 18.6 Å². The summed E-state index contributed by atoms with van der Waals surface area (Å²) in [7, 11) is 0. The van der Waals surface area contributed by atoms with Gasteiger partial charge in [-0.25, -0.2) is 4.99 Å². The van der Waals surface area contributed by atoms with Gasteiger partial charge in [-0.3, -0.25) is 10.1 Å². The molecule has 0 bridgehead atoms. The van der Waals surface area contributed by atoms with Crippen LogP contribution in [-0.2, 0) is 4.79 Å². The zero-order valence-corrected chi connectivity index (χ0v) is 11.3.